The molecular weight excluding hydrogens is 689 g/mol. The first kappa shape index (κ1) is 35.0. The minimum absolute atomic E-state index is 0.0341. The average Bonchev–Trinajstić information content (AvgIpc) is 3.33. The number of hydrogen-bond acceptors (Lipinski definition) is 11. The van der Waals surface area contributed by atoms with Crippen LogP contribution in [0, 0.1) is 28.9 Å². The van der Waals surface area contributed by atoms with E-state index in [4.69, 9.17) is 32.5 Å². The van der Waals surface area contributed by atoms with Crippen LogP contribution < -0.4 is 25.8 Å². The zero-order valence-electron chi connectivity index (χ0n) is 27.7. The van der Waals surface area contributed by atoms with Crippen LogP contribution in [0.15, 0.2) is 42.4 Å². The number of thiophene rings is 1. The molecule has 0 amide bonds. The standard InChI is InChI=1S/C27H20ClF2N7O2S.C8H14FN/c1-11(12-4-3-7-34-24(12)32)37-8-9-39-22-18-21(35-27(38-2)36-26(18)37)20(30)17(19(22)28)13-5-6-15(29)23-16(13)14(10-31)25(33)40-23;1-7-6-10(2)4-3-8(7)5-9/h3-7,11H,8-9,33H2,1-2H3,(H2,32,34);5,7H,3-4,6H2,1-2H3/b;8-5+/t11-;/m1./s1. The van der Waals surface area contributed by atoms with E-state index in [-0.39, 0.29) is 72.1 Å². The smallest absolute Gasteiger partial charge is 0.318 e. The molecule has 0 aliphatic carbocycles. The topological polar surface area (TPSA) is 139 Å². The molecule has 2 aromatic carbocycles. The summed E-state index contributed by atoms with van der Waals surface area (Å²) < 4.78 is 55.0. The zero-order chi connectivity index (χ0) is 35.9. The summed E-state index contributed by atoms with van der Waals surface area (Å²) in [7, 11) is 3.45. The van der Waals surface area contributed by atoms with Gasteiger partial charge in [0.1, 0.15) is 40.6 Å². The predicted molar refractivity (Wildman–Crippen MR) is 191 cm³/mol. The first-order valence-corrected chi connectivity index (χ1v) is 16.9. The monoisotopic (exact) mass is 722 g/mol. The maximum Gasteiger partial charge on any atom is 0.318 e. The number of fused-ring (bicyclic) bond motifs is 1. The van der Waals surface area contributed by atoms with Gasteiger partial charge in [-0.1, -0.05) is 30.7 Å². The molecule has 5 aromatic rings. The van der Waals surface area contributed by atoms with Crippen molar-refractivity contribution in [2.75, 3.05) is 56.8 Å². The number of nitriles is 1. The Hall–Kier alpha value is -4.84. The summed E-state index contributed by atoms with van der Waals surface area (Å²) in [6, 6.07) is 7.76. The van der Waals surface area contributed by atoms with Gasteiger partial charge in [-0.25, -0.2) is 18.2 Å². The summed E-state index contributed by atoms with van der Waals surface area (Å²) in [6.07, 6.45) is 3.27. The van der Waals surface area contributed by atoms with Crippen LogP contribution in [0.3, 0.4) is 0 Å². The number of ether oxygens (including phenoxy) is 2. The number of nitrogen functional groups attached to an aromatic ring is 2. The molecule has 15 heteroatoms. The summed E-state index contributed by atoms with van der Waals surface area (Å²) in [4.78, 5) is 17.2. The van der Waals surface area contributed by atoms with Crippen molar-refractivity contribution in [2.24, 2.45) is 5.92 Å². The molecular formula is C35H34ClF3N8O2S. The van der Waals surface area contributed by atoms with E-state index in [1.165, 1.54) is 19.2 Å². The molecule has 2 aliphatic heterocycles. The number of aromatic nitrogens is 3. The van der Waals surface area contributed by atoms with Crippen molar-refractivity contribution >= 4 is 60.6 Å². The first-order chi connectivity index (χ1) is 24.0. The number of anilines is 3. The van der Waals surface area contributed by atoms with Crippen molar-refractivity contribution in [2.45, 2.75) is 26.3 Å². The fourth-order valence-corrected chi connectivity index (χ4v) is 7.78. The van der Waals surface area contributed by atoms with Gasteiger partial charge < -0.3 is 30.7 Å². The summed E-state index contributed by atoms with van der Waals surface area (Å²) >= 11 is 7.79. The molecule has 0 radical (unpaired) electrons. The van der Waals surface area contributed by atoms with Crippen molar-refractivity contribution in [3.8, 4) is 29.0 Å². The molecule has 1 saturated heterocycles. The second-order valence-corrected chi connectivity index (χ2v) is 13.6. The van der Waals surface area contributed by atoms with Gasteiger partial charge in [-0.2, -0.15) is 15.2 Å². The van der Waals surface area contributed by atoms with E-state index >= 15 is 4.39 Å². The lowest BCUT2D eigenvalue weighted by molar-refractivity contribution is 0.265. The van der Waals surface area contributed by atoms with Crippen LogP contribution in [0.25, 0.3) is 32.1 Å². The molecule has 0 bridgehead atoms. The van der Waals surface area contributed by atoms with Crippen LogP contribution in [0.4, 0.5) is 29.8 Å². The highest BCUT2D eigenvalue weighted by Gasteiger charge is 2.33. The van der Waals surface area contributed by atoms with Crippen LogP contribution in [-0.4, -0.2) is 60.3 Å². The van der Waals surface area contributed by atoms with Crippen LogP contribution in [0.1, 0.15) is 37.4 Å². The number of nitrogens with zero attached hydrogens (tertiary/aromatic N) is 6. The second kappa shape index (κ2) is 14.2. The number of methoxy groups -OCH3 is 1. The molecule has 0 spiro atoms. The van der Waals surface area contributed by atoms with E-state index in [1.807, 2.05) is 24.0 Å². The maximum absolute atomic E-state index is 16.6. The molecule has 2 aliphatic rings. The van der Waals surface area contributed by atoms with Gasteiger partial charge in [-0.3, -0.25) is 0 Å². The molecule has 1 unspecified atom stereocenters. The third kappa shape index (κ3) is 6.10. The highest BCUT2D eigenvalue weighted by Crippen LogP contribution is 2.51. The summed E-state index contributed by atoms with van der Waals surface area (Å²) in [5.41, 5.74) is 13.9. The van der Waals surface area contributed by atoms with Crippen LogP contribution in [-0.2, 0) is 0 Å². The first-order valence-electron chi connectivity index (χ1n) is 15.8. The van der Waals surface area contributed by atoms with Crippen LogP contribution in [0.5, 0.6) is 11.8 Å². The minimum Gasteiger partial charge on any atom is -0.489 e. The Balaban J connectivity index is 0.000000373. The lowest BCUT2D eigenvalue weighted by Crippen LogP contribution is -2.32. The van der Waals surface area contributed by atoms with E-state index in [0.717, 1.165) is 48.3 Å². The van der Waals surface area contributed by atoms with Gasteiger partial charge in [0.25, 0.3) is 0 Å². The molecule has 3 aromatic heterocycles. The molecule has 260 valence electrons. The van der Waals surface area contributed by atoms with Gasteiger partial charge in [-0.15, -0.1) is 11.3 Å². The Labute approximate surface area is 295 Å². The van der Waals surface area contributed by atoms with Crippen molar-refractivity contribution in [3.05, 3.63) is 70.1 Å². The fraction of sp³-hybridized carbons (Fsp3) is 0.314. The highest BCUT2D eigenvalue weighted by atomic mass is 35.5. The number of rotatable bonds is 4. The van der Waals surface area contributed by atoms with Crippen molar-refractivity contribution < 1.29 is 22.6 Å². The zero-order valence-corrected chi connectivity index (χ0v) is 29.3. The molecule has 0 saturated carbocycles. The number of nitrogens with two attached hydrogens (primary N) is 2. The maximum atomic E-state index is 16.6. The number of pyridine rings is 1. The third-order valence-electron chi connectivity index (χ3n) is 9.10. The van der Waals surface area contributed by atoms with E-state index in [0.29, 0.717) is 24.1 Å². The van der Waals surface area contributed by atoms with E-state index in [1.54, 1.807) is 12.3 Å². The Bertz CT molecular complexity index is 2190. The number of halogens is 4. The number of likely N-dealkylation sites (tertiary alicyclic amines) is 1. The van der Waals surface area contributed by atoms with Crippen LogP contribution in [0.2, 0.25) is 5.02 Å². The van der Waals surface area contributed by atoms with Gasteiger partial charge in [0, 0.05) is 35.8 Å². The SMILES string of the molecule is CC1CN(C)CC/C1=C\F.COc1nc2c3c(c(Cl)c(-c4ccc(F)c5sc(N)c(C#N)c45)c(F)c3n1)OCCN2[C@H](C)c1cccnc1N. The summed E-state index contributed by atoms with van der Waals surface area (Å²) in [5.74, 6) is -0.164. The molecule has 50 heavy (non-hydrogen) atoms. The largest absolute Gasteiger partial charge is 0.489 e. The van der Waals surface area contributed by atoms with Crippen molar-refractivity contribution in [3.63, 3.8) is 0 Å². The van der Waals surface area contributed by atoms with Gasteiger partial charge in [-0.05, 0) is 49.6 Å². The number of piperidine rings is 1. The third-order valence-corrected chi connectivity index (χ3v) is 10.5. The summed E-state index contributed by atoms with van der Waals surface area (Å²) in [6.45, 7) is 6.49. The quantitative estimate of drug-likeness (QED) is 0.190. The Morgan fingerprint density at radius 3 is 2.66 bits per heavy atom. The molecule has 2 atom stereocenters. The minimum atomic E-state index is -0.814. The lowest BCUT2D eigenvalue weighted by Gasteiger charge is -2.30. The predicted octanol–water partition coefficient (Wildman–Crippen LogP) is 7.65. The van der Waals surface area contributed by atoms with Crippen molar-refractivity contribution in [1.29, 1.82) is 5.26 Å². The second-order valence-electron chi connectivity index (χ2n) is 12.1. The van der Waals surface area contributed by atoms with E-state index in [2.05, 4.69) is 33.8 Å². The van der Waals surface area contributed by atoms with Gasteiger partial charge in [0.2, 0.25) is 0 Å². The van der Waals surface area contributed by atoms with Crippen LogP contribution >= 0.6 is 22.9 Å². The Kier molecular flexibility index (Phi) is 9.93. The number of benzene rings is 2. The summed E-state index contributed by atoms with van der Waals surface area (Å²) in [5, 5.41) is 10.2. The van der Waals surface area contributed by atoms with Gasteiger partial charge in [0.05, 0.1) is 46.7 Å². The normalized spacial score (nSPS) is 17.5. The molecule has 5 heterocycles. The van der Waals surface area contributed by atoms with E-state index < -0.39 is 11.6 Å². The molecule has 1 fully saturated rings. The Morgan fingerprint density at radius 1 is 1.20 bits per heavy atom. The molecule has 10 nitrogen and oxygen atoms in total. The molecule has 7 rings (SSSR count). The lowest BCUT2D eigenvalue weighted by atomic mass is 9.95. The molecule has 4 N–H and O–H groups in total. The van der Waals surface area contributed by atoms with Gasteiger partial charge in [0.15, 0.2) is 11.6 Å². The number of hydrogen-bond donors (Lipinski definition) is 2. The van der Waals surface area contributed by atoms with Gasteiger partial charge >= 0.3 is 6.01 Å². The Morgan fingerprint density at radius 2 is 1.98 bits per heavy atom. The van der Waals surface area contributed by atoms with Crippen molar-refractivity contribution in [1.82, 2.24) is 19.9 Å². The highest BCUT2D eigenvalue weighted by molar-refractivity contribution is 7.23. The average molecular weight is 723 g/mol. The van der Waals surface area contributed by atoms with E-state index in [9.17, 15) is 14.0 Å². The fourth-order valence-electron chi connectivity index (χ4n) is 6.50.